The summed E-state index contributed by atoms with van der Waals surface area (Å²) in [5.41, 5.74) is 0.229. The Kier molecular flexibility index (Phi) is 5.51. The Labute approximate surface area is 116 Å². The molecule has 0 radical (unpaired) electrons. The van der Waals surface area contributed by atoms with Crippen molar-refractivity contribution >= 4 is 40.2 Å². The molecule has 0 N–H and O–H groups in total. The average Bonchev–Trinajstić information content (AvgIpc) is 2.30. The SMILES string of the molecule is COC(=O)Cc1c(CCl)cc(I)nc1C(F)F. The lowest BCUT2D eigenvalue weighted by Gasteiger charge is -2.12. The van der Waals surface area contributed by atoms with Crippen LogP contribution in [0.1, 0.15) is 23.2 Å². The van der Waals surface area contributed by atoms with E-state index in [9.17, 15) is 13.6 Å². The van der Waals surface area contributed by atoms with Crippen LogP contribution in [0.3, 0.4) is 0 Å². The number of carbonyl (C=O) groups is 1. The zero-order valence-electron chi connectivity index (χ0n) is 8.84. The second kappa shape index (κ2) is 6.44. The van der Waals surface area contributed by atoms with Crippen molar-refractivity contribution in [2.75, 3.05) is 7.11 Å². The van der Waals surface area contributed by atoms with Crippen LogP contribution in [0.5, 0.6) is 0 Å². The zero-order valence-corrected chi connectivity index (χ0v) is 11.8. The Morgan fingerprint density at radius 3 is 2.76 bits per heavy atom. The monoisotopic (exact) mass is 375 g/mol. The van der Waals surface area contributed by atoms with E-state index in [1.807, 2.05) is 22.6 Å². The number of alkyl halides is 3. The van der Waals surface area contributed by atoms with Crippen molar-refractivity contribution in [1.82, 2.24) is 4.98 Å². The predicted molar refractivity (Wildman–Crippen MR) is 67.2 cm³/mol. The molecule has 0 aliphatic rings. The highest BCUT2D eigenvalue weighted by Gasteiger charge is 2.21. The van der Waals surface area contributed by atoms with Gasteiger partial charge in [-0.3, -0.25) is 4.79 Å². The van der Waals surface area contributed by atoms with E-state index in [1.54, 1.807) is 6.07 Å². The third kappa shape index (κ3) is 3.74. The van der Waals surface area contributed by atoms with E-state index < -0.39 is 18.1 Å². The summed E-state index contributed by atoms with van der Waals surface area (Å²) in [5.74, 6) is -0.550. The molecule has 0 unspecified atom stereocenters. The summed E-state index contributed by atoms with van der Waals surface area (Å²) < 4.78 is 30.5. The smallest absolute Gasteiger partial charge is 0.310 e. The number of esters is 1. The van der Waals surface area contributed by atoms with Gasteiger partial charge in [0.05, 0.1) is 13.5 Å². The van der Waals surface area contributed by atoms with Crippen LogP contribution in [-0.4, -0.2) is 18.1 Å². The second-order valence-corrected chi connectivity index (χ2v) is 4.53. The van der Waals surface area contributed by atoms with E-state index in [1.165, 1.54) is 7.11 Å². The Bertz CT molecular complexity index is 429. The minimum Gasteiger partial charge on any atom is -0.469 e. The van der Waals surface area contributed by atoms with Gasteiger partial charge in [0, 0.05) is 5.88 Å². The quantitative estimate of drug-likeness (QED) is 0.351. The fourth-order valence-electron chi connectivity index (χ4n) is 1.33. The van der Waals surface area contributed by atoms with Crippen LogP contribution in [0.25, 0.3) is 0 Å². The van der Waals surface area contributed by atoms with Crippen molar-refractivity contribution in [3.05, 3.63) is 26.6 Å². The number of carbonyl (C=O) groups excluding carboxylic acids is 1. The molecular formula is C10H9ClF2INO2. The summed E-state index contributed by atoms with van der Waals surface area (Å²) in [6.45, 7) is 0. The number of hydrogen-bond acceptors (Lipinski definition) is 3. The van der Waals surface area contributed by atoms with Gasteiger partial charge in [-0.05, 0) is 39.8 Å². The molecule has 1 aromatic heterocycles. The highest BCUT2D eigenvalue weighted by Crippen LogP contribution is 2.26. The average molecular weight is 376 g/mol. The van der Waals surface area contributed by atoms with Crippen molar-refractivity contribution in [3.8, 4) is 0 Å². The Morgan fingerprint density at radius 2 is 2.29 bits per heavy atom. The molecule has 3 nitrogen and oxygen atoms in total. The van der Waals surface area contributed by atoms with Gasteiger partial charge < -0.3 is 4.74 Å². The summed E-state index contributed by atoms with van der Waals surface area (Å²) >= 11 is 7.51. The highest BCUT2D eigenvalue weighted by molar-refractivity contribution is 14.1. The minimum absolute atomic E-state index is 0.0462. The molecule has 0 bridgehead atoms. The van der Waals surface area contributed by atoms with Crippen molar-refractivity contribution in [1.29, 1.82) is 0 Å². The molecule has 0 aliphatic heterocycles. The molecule has 0 fully saturated rings. The minimum atomic E-state index is -2.74. The molecule has 0 amide bonds. The van der Waals surface area contributed by atoms with E-state index in [2.05, 4.69) is 9.72 Å². The number of methoxy groups -OCH3 is 1. The largest absolute Gasteiger partial charge is 0.469 e. The fourth-order valence-corrected chi connectivity index (χ4v) is 2.20. The number of halogens is 4. The summed E-state index contributed by atoms with van der Waals surface area (Å²) in [4.78, 5) is 14.9. The summed E-state index contributed by atoms with van der Waals surface area (Å²) in [7, 11) is 1.20. The Morgan fingerprint density at radius 1 is 1.65 bits per heavy atom. The van der Waals surface area contributed by atoms with Gasteiger partial charge in [0.1, 0.15) is 9.39 Å². The maximum Gasteiger partial charge on any atom is 0.310 e. The maximum absolute atomic E-state index is 12.8. The molecule has 0 spiro atoms. The molecule has 17 heavy (non-hydrogen) atoms. The number of ether oxygens (including phenoxy) is 1. The van der Waals surface area contributed by atoms with Crippen LogP contribution in [-0.2, 0) is 21.8 Å². The van der Waals surface area contributed by atoms with Gasteiger partial charge in [-0.25, -0.2) is 13.8 Å². The molecule has 1 aromatic rings. The number of pyridine rings is 1. The van der Waals surface area contributed by atoms with Gasteiger partial charge >= 0.3 is 5.97 Å². The first-order valence-electron chi connectivity index (χ1n) is 4.58. The van der Waals surface area contributed by atoms with Gasteiger partial charge in [-0.2, -0.15) is 0 Å². The molecule has 0 aromatic carbocycles. The Hall–Kier alpha value is -0.500. The second-order valence-electron chi connectivity index (χ2n) is 3.16. The van der Waals surface area contributed by atoms with Gasteiger partial charge in [0.2, 0.25) is 0 Å². The number of hydrogen-bond donors (Lipinski definition) is 0. The van der Waals surface area contributed by atoms with Crippen LogP contribution < -0.4 is 0 Å². The number of aromatic nitrogens is 1. The molecule has 0 atom stereocenters. The summed E-state index contributed by atoms with van der Waals surface area (Å²) in [5, 5.41) is 0. The zero-order chi connectivity index (χ0) is 13.0. The molecule has 0 saturated carbocycles. The molecule has 7 heteroatoms. The predicted octanol–water partition coefficient (Wildman–Crippen LogP) is 3.08. The molecular weight excluding hydrogens is 366 g/mol. The van der Waals surface area contributed by atoms with E-state index in [4.69, 9.17) is 11.6 Å². The van der Waals surface area contributed by atoms with Crippen LogP contribution in [0.15, 0.2) is 6.07 Å². The summed E-state index contributed by atoms with van der Waals surface area (Å²) in [6.07, 6.45) is -2.99. The van der Waals surface area contributed by atoms with Crippen LogP contribution in [0.2, 0.25) is 0 Å². The molecule has 94 valence electrons. The van der Waals surface area contributed by atoms with Crippen molar-refractivity contribution in [2.45, 2.75) is 18.7 Å². The normalized spacial score (nSPS) is 10.7. The first kappa shape index (κ1) is 14.6. The lowest BCUT2D eigenvalue weighted by atomic mass is 10.0. The topological polar surface area (TPSA) is 39.2 Å². The first-order chi connectivity index (χ1) is 7.99. The lowest BCUT2D eigenvalue weighted by molar-refractivity contribution is -0.139. The van der Waals surface area contributed by atoms with Crippen LogP contribution in [0.4, 0.5) is 8.78 Å². The van der Waals surface area contributed by atoms with E-state index in [-0.39, 0.29) is 17.9 Å². The Balaban J connectivity index is 3.26. The van der Waals surface area contributed by atoms with Crippen LogP contribution in [0, 0.1) is 3.70 Å². The fraction of sp³-hybridized carbons (Fsp3) is 0.400. The highest BCUT2D eigenvalue weighted by atomic mass is 127. The maximum atomic E-state index is 12.8. The third-order valence-electron chi connectivity index (χ3n) is 2.12. The summed E-state index contributed by atoms with van der Waals surface area (Å²) in [6, 6.07) is 1.58. The lowest BCUT2D eigenvalue weighted by Crippen LogP contribution is -2.12. The van der Waals surface area contributed by atoms with E-state index in [0.717, 1.165) is 0 Å². The van der Waals surface area contributed by atoms with Gasteiger partial charge in [0.25, 0.3) is 6.43 Å². The van der Waals surface area contributed by atoms with Gasteiger partial charge in [0.15, 0.2) is 0 Å². The van der Waals surface area contributed by atoms with Crippen molar-refractivity contribution in [2.24, 2.45) is 0 Å². The molecule has 0 saturated heterocycles. The standard InChI is InChI=1S/C10H9ClF2INO2/c1-17-8(16)3-6-5(4-11)2-7(14)15-9(6)10(12)13/h2,10H,3-4H2,1H3. The van der Waals surface area contributed by atoms with Crippen molar-refractivity contribution in [3.63, 3.8) is 0 Å². The molecule has 1 rings (SSSR count). The third-order valence-corrected chi connectivity index (χ3v) is 2.96. The molecule has 0 aliphatic carbocycles. The van der Waals surface area contributed by atoms with E-state index >= 15 is 0 Å². The number of nitrogens with zero attached hydrogens (tertiary/aromatic N) is 1. The number of rotatable bonds is 4. The van der Waals surface area contributed by atoms with Crippen LogP contribution >= 0.6 is 34.2 Å². The first-order valence-corrected chi connectivity index (χ1v) is 6.20. The van der Waals surface area contributed by atoms with E-state index in [0.29, 0.717) is 9.26 Å². The molecule has 1 heterocycles. The van der Waals surface area contributed by atoms with Gasteiger partial charge in [-0.15, -0.1) is 11.6 Å². The van der Waals surface area contributed by atoms with Crippen molar-refractivity contribution < 1.29 is 18.3 Å². The van der Waals surface area contributed by atoms with Gasteiger partial charge in [-0.1, -0.05) is 0 Å².